The number of thiazole rings is 1. The van der Waals surface area contributed by atoms with Crippen LogP contribution in [0, 0.1) is 0 Å². The topological polar surface area (TPSA) is 59.1 Å². The minimum Gasteiger partial charge on any atom is -0.298 e. The number of hydrogen-bond donors (Lipinski definition) is 1. The number of nitrogens with zero attached hydrogens (tertiary/aromatic N) is 1. The van der Waals surface area contributed by atoms with Crippen LogP contribution < -0.4 is 5.32 Å². The Bertz CT molecular complexity index is 815. The summed E-state index contributed by atoms with van der Waals surface area (Å²) in [6.45, 7) is 1.35. The van der Waals surface area contributed by atoms with Crippen LogP contribution in [0.1, 0.15) is 28.5 Å². The van der Waals surface area contributed by atoms with E-state index in [4.69, 9.17) is 11.6 Å². The summed E-state index contributed by atoms with van der Waals surface area (Å²) in [7, 11) is 0. The lowest BCUT2D eigenvalue weighted by atomic mass is 10.1. The largest absolute Gasteiger partial charge is 0.417 e. The molecule has 0 unspecified atom stereocenters. The van der Waals surface area contributed by atoms with Gasteiger partial charge in [-0.25, -0.2) is 4.98 Å². The number of hydrogen-bond acceptors (Lipinski definition) is 4. The van der Waals surface area contributed by atoms with E-state index in [1.54, 1.807) is 0 Å². The molecule has 126 valence electrons. The van der Waals surface area contributed by atoms with Crippen molar-refractivity contribution >= 4 is 45.8 Å². The van der Waals surface area contributed by atoms with E-state index >= 15 is 0 Å². The summed E-state index contributed by atoms with van der Waals surface area (Å²) in [5, 5.41) is 3.73. The predicted molar refractivity (Wildman–Crippen MR) is 86.2 cm³/mol. The van der Waals surface area contributed by atoms with Crippen molar-refractivity contribution in [2.24, 2.45) is 0 Å². The van der Waals surface area contributed by atoms with Crippen LogP contribution in [0.5, 0.6) is 0 Å². The molecular formula is C15H10ClF3N2O2S. The van der Waals surface area contributed by atoms with Crippen LogP contribution in [0.3, 0.4) is 0 Å². The Kier molecular flexibility index (Phi) is 5.40. The molecule has 1 aromatic heterocycles. The zero-order chi connectivity index (χ0) is 17.9. The van der Waals surface area contributed by atoms with E-state index in [1.165, 1.54) is 24.4 Å². The number of halogens is 4. The second kappa shape index (κ2) is 7.14. The number of ketones is 1. The van der Waals surface area contributed by atoms with Crippen molar-refractivity contribution in [3.63, 3.8) is 0 Å². The average molecular weight is 375 g/mol. The summed E-state index contributed by atoms with van der Waals surface area (Å²) in [6, 6.07) is 3.32. The Balaban J connectivity index is 2.09. The number of benzene rings is 1. The van der Waals surface area contributed by atoms with Gasteiger partial charge in [-0.2, -0.15) is 13.2 Å². The summed E-state index contributed by atoms with van der Waals surface area (Å²) in [5.74, 6) is -0.814. The standard InChI is InChI=1S/C15H10ClF3N2O2S/c1-8(22)12-7-24-14(20-12)21-13(23)5-3-9-2-4-11(16)10(6-9)15(17,18)19/h2-7H,1H3,(H,20,21,23)/b5-3+. The van der Waals surface area contributed by atoms with Gasteiger partial charge in [-0.1, -0.05) is 17.7 Å². The van der Waals surface area contributed by atoms with Gasteiger partial charge in [-0.3, -0.25) is 14.9 Å². The SMILES string of the molecule is CC(=O)c1csc(NC(=O)/C=C/c2ccc(Cl)c(C(F)(F)F)c2)n1. The zero-order valence-corrected chi connectivity index (χ0v) is 13.7. The molecule has 9 heteroatoms. The van der Waals surface area contributed by atoms with Gasteiger partial charge in [0.2, 0.25) is 5.91 Å². The summed E-state index contributed by atoms with van der Waals surface area (Å²) >= 11 is 6.59. The van der Waals surface area contributed by atoms with Gasteiger partial charge in [-0.15, -0.1) is 11.3 Å². The van der Waals surface area contributed by atoms with E-state index < -0.39 is 22.7 Å². The second-order valence-electron chi connectivity index (χ2n) is 4.65. The maximum atomic E-state index is 12.8. The number of rotatable bonds is 4. The molecular weight excluding hydrogens is 365 g/mol. The Morgan fingerprint density at radius 1 is 1.33 bits per heavy atom. The third-order valence-electron chi connectivity index (χ3n) is 2.82. The molecule has 4 nitrogen and oxygen atoms in total. The minimum atomic E-state index is -4.58. The normalized spacial score (nSPS) is 11.7. The molecule has 2 aromatic rings. The highest BCUT2D eigenvalue weighted by atomic mass is 35.5. The molecule has 1 amide bonds. The van der Waals surface area contributed by atoms with Crippen molar-refractivity contribution in [3.8, 4) is 0 Å². The molecule has 2 rings (SSSR count). The summed E-state index contributed by atoms with van der Waals surface area (Å²) in [6.07, 6.45) is -2.29. The highest BCUT2D eigenvalue weighted by Gasteiger charge is 2.33. The lowest BCUT2D eigenvalue weighted by Gasteiger charge is -2.09. The fourth-order valence-electron chi connectivity index (χ4n) is 1.68. The van der Waals surface area contributed by atoms with E-state index in [9.17, 15) is 22.8 Å². The maximum Gasteiger partial charge on any atom is 0.417 e. The number of amides is 1. The molecule has 1 aromatic carbocycles. The van der Waals surface area contributed by atoms with E-state index in [0.29, 0.717) is 0 Å². The van der Waals surface area contributed by atoms with Gasteiger partial charge in [0.15, 0.2) is 10.9 Å². The van der Waals surface area contributed by atoms with Crippen LogP contribution in [0.15, 0.2) is 29.7 Å². The molecule has 0 aliphatic heterocycles. The molecule has 0 aliphatic carbocycles. The molecule has 1 heterocycles. The number of carbonyl (C=O) groups excluding carboxylic acids is 2. The average Bonchev–Trinajstić information content (AvgIpc) is 2.94. The van der Waals surface area contributed by atoms with Crippen LogP contribution in [0.2, 0.25) is 5.02 Å². The monoisotopic (exact) mass is 374 g/mol. The lowest BCUT2D eigenvalue weighted by molar-refractivity contribution is -0.137. The van der Waals surface area contributed by atoms with Crippen molar-refractivity contribution in [2.75, 3.05) is 5.32 Å². The first-order chi connectivity index (χ1) is 11.2. The van der Waals surface area contributed by atoms with Crippen molar-refractivity contribution < 1.29 is 22.8 Å². The Morgan fingerprint density at radius 2 is 2.04 bits per heavy atom. The third kappa shape index (κ3) is 4.65. The molecule has 0 spiro atoms. The van der Waals surface area contributed by atoms with Gasteiger partial charge in [0.25, 0.3) is 0 Å². The Morgan fingerprint density at radius 3 is 2.62 bits per heavy atom. The van der Waals surface area contributed by atoms with Gasteiger partial charge >= 0.3 is 6.18 Å². The molecule has 0 atom stereocenters. The first-order valence-corrected chi connectivity index (χ1v) is 7.75. The molecule has 0 aliphatic rings. The van der Waals surface area contributed by atoms with E-state index in [1.807, 2.05) is 0 Å². The quantitative estimate of drug-likeness (QED) is 0.625. The number of nitrogens with one attached hydrogen (secondary N) is 1. The minimum absolute atomic E-state index is 0.172. The Labute approximate surface area is 144 Å². The van der Waals surface area contributed by atoms with Gasteiger partial charge in [0.1, 0.15) is 5.69 Å². The molecule has 0 fully saturated rings. The van der Waals surface area contributed by atoms with Crippen molar-refractivity contribution in [2.45, 2.75) is 13.1 Å². The van der Waals surface area contributed by atoms with Crippen molar-refractivity contribution in [1.29, 1.82) is 0 Å². The molecule has 1 N–H and O–H groups in total. The predicted octanol–water partition coefficient (Wildman–Crippen LogP) is 4.67. The molecule has 0 saturated heterocycles. The van der Waals surface area contributed by atoms with Gasteiger partial charge < -0.3 is 0 Å². The van der Waals surface area contributed by atoms with Crippen LogP contribution >= 0.6 is 22.9 Å². The van der Waals surface area contributed by atoms with Crippen molar-refractivity contribution in [1.82, 2.24) is 4.98 Å². The van der Waals surface area contributed by atoms with Crippen molar-refractivity contribution in [3.05, 3.63) is 51.5 Å². The summed E-state index contributed by atoms with van der Waals surface area (Å²) in [5.41, 5.74) is -0.574. The maximum absolute atomic E-state index is 12.8. The molecule has 24 heavy (non-hydrogen) atoms. The fourth-order valence-corrected chi connectivity index (χ4v) is 2.65. The summed E-state index contributed by atoms with van der Waals surface area (Å²) in [4.78, 5) is 26.8. The number of carbonyl (C=O) groups is 2. The number of alkyl halides is 3. The smallest absolute Gasteiger partial charge is 0.298 e. The van der Waals surface area contributed by atoms with Crippen LogP contribution in [0.25, 0.3) is 6.08 Å². The van der Waals surface area contributed by atoms with E-state index in [0.717, 1.165) is 29.5 Å². The second-order valence-corrected chi connectivity index (χ2v) is 5.92. The van der Waals surface area contributed by atoms with Gasteiger partial charge in [-0.05, 0) is 23.8 Å². The molecule has 0 saturated carbocycles. The van der Waals surface area contributed by atoms with Gasteiger partial charge in [0.05, 0.1) is 10.6 Å². The van der Waals surface area contributed by atoms with Crippen LogP contribution in [-0.4, -0.2) is 16.7 Å². The highest BCUT2D eigenvalue weighted by molar-refractivity contribution is 7.14. The highest BCUT2D eigenvalue weighted by Crippen LogP contribution is 2.35. The molecule has 0 bridgehead atoms. The van der Waals surface area contributed by atoms with Crippen LogP contribution in [-0.2, 0) is 11.0 Å². The first kappa shape index (κ1) is 18.2. The Hall–Kier alpha value is -2.19. The number of aromatic nitrogens is 1. The first-order valence-electron chi connectivity index (χ1n) is 6.49. The number of anilines is 1. The van der Waals surface area contributed by atoms with Crippen LogP contribution in [0.4, 0.5) is 18.3 Å². The molecule has 0 radical (unpaired) electrons. The van der Waals surface area contributed by atoms with E-state index in [2.05, 4.69) is 10.3 Å². The fraction of sp³-hybridized carbons (Fsp3) is 0.133. The third-order valence-corrected chi connectivity index (χ3v) is 3.91. The summed E-state index contributed by atoms with van der Waals surface area (Å²) < 4.78 is 38.3. The number of Topliss-reactive ketones (excluding diaryl/α,β-unsaturated/α-hetero) is 1. The van der Waals surface area contributed by atoms with E-state index in [-0.39, 0.29) is 22.2 Å². The van der Waals surface area contributed by atoms with Gasteiger partial charge in [0, 0.05) is 18.4 Å². The zero-order valence-electron chi connectivity index (χ0n) is 12.1. The lowest BCUT2D eigenvalue weighted by Crippen LogP contribution is -2.08.